The van der Waals surface area contributed by atoms with Crippen LogP contribution in [0.4, 0.5) is 5.69 Å². The molecule has 5 nitrogen and oxygen atoms in total. The minimum Gasteiger partial charge on any atom is -0.270 e. The maximum Gasteiger partial charge on any atom is 0.232 e. The molecular formula is C16H25NO4S2. The summed E-state index contributed by atoms with van der Waals surface area (Å²) >= 11 is 0. The van der Waals surface area contributed by atoms with Crippen molar-refractivity contribution in [3.63, 3.8) is 0 Å². The molecule has 0 amide bonds. The van der Waals surface area contributed by atoms with Gasteiger partial charge in [-0.1, -0.05) is 25.3 Å². The second-order valence-electron chi connectivity index (χ2n) is 6.33. The fourth-order valence-electron chi connectivity index (χ4n) is 2.79. The summed E-state index contributed by atoms with van der Waals surface area (Å²) in [7, 11) is -6.82. The van der Waals surface area contributed by atoms with Crippen LogP contribution in [0.3, 0.4) is 0 Å². The number of sulfonamides is 1. The third-order valence-electron chi connectivity index (χ3n) is 4.20. The summed E-state index contributed by atoms with van der Waals surface area (Å²) in [5, 5.41) is 0. The SMILES string of the molecule is CCN(c1cc(S(C)(=O)=O)ccc1CCCC1CC1)S(C)(=O)=O. The van der Waals surface area contributed by atoms with Crippen LogP contribution in [0.5, 0.6) is 0 Å². The van der Waals surface area contributed by atoms with Crippen molar-refractivity contribution < 1.29 is 16.8 Å². The lowest BCUT2D eigenvalue weighted by Gasteiger charge is -2.24. The van der Waals surface area contributed by atoms with Crippen LogP contribution in [0.25, 0.3) is 0 Å². The lowest BCUT2D eigenvalue weighted by molar-refractivity contribution is 0.595. The molecule has 0 bridgehead atoms. The highest BCUT2D eigenvalue weighted by Crippen LogP contribution is 2.35. The van der Waals surface area contributed by atoms with Crippen LogP contribution in [-0.2, 0) is 26.3 Å². The first-order chi connectivity index (χ1) is 10.6. The first kappa shape index (κ1) is 18.3. The highest BCUT2D eigenvalue weighted by molar-refractivity contribution is 7.92. The lowest BCUT2D eigenvalue weighted by Crippen LogP contribution is -2.30. The fraction of sp³-hybridized carbons (Fsp3) is 0.625. The average molecular weight is 360 g/mol. The molecule has 1 fully saturated rings. The zero-order valence-electron chi connectivity index (χ0n) is 13.9. The van der Waals surface area contributed by atoms with Crippen molar-refractivity contribution in [2.24, 2.45) is 5.92 Å². The van der Waals surface area contributed by atoms with E-state index in [2.05, 4.69) is 0 Å². The summed E-state index contributed by atoms with van der Waals surface area (Å²) in [6.07, 6.45) is 7.79. The van der Waals surface area contributed by atoms with Gasteiger partial charge in [-0.3, -0.25) is 4.31 Å². The number of hydrogen-bond donors (Lipinski definition) is 0. The first-order valence-corrected chi connectivity index (χ1v) is 11.7. The number of aryl methyl sites for hydroxylation is 1. The third kappa shape index (κ3) is 4.94. The van der Waals surface area contributed by atoms with E-state index < -0.39 is 19.9 Å². The summed E-state index contributed by atoms with van der Waals surface area (Å²) in [6, 6.07) is 4.82. The summed E-state index contributed by atoms with van der Waals surface area (Å²) in [6.45, 7) is 2.03. The Balaban J connectivity index is 2.38. The monoisotopic (exact) mass is 359 g/mol. The smallest absolute Gasteiger partial charge is 0.232 e. The Morgan fingerprint density at radius 1 is 1.13 bits per heavy atom. The Labute approximate surface area is 139 Å². The second kappa shape index (κ2) is 6.81. The van der Waals surface area contributed by atoms with Gasteiger partial charge in [-0.2, -0.15) is 0 Å². The maximum absolute atomic E-state index is 12.0. The van der Waals surface area contributed by atoms with Gasteiger partial charge in [0.05, 0.1) is 16.8 Å². The molecule has 23 heavy (non-hydrogen) atoms. The molecule has 0 atom stereocenters. The van der Waals surface area contributed by atoms with Gasteiger partial charge >= 0.3 is 0 Å². The van der Waals surface area contributed by atoms with E-state index in [1.165, 1.54) is 23.2 Å². The molecule has 0 saturated heterocycles. The summed E-state index contributed by atoms with van der Waals surface area (Å²) in [5.41, 5.74) is 1.39. The fourth-order valence-corrected chi connectivity index (χ4v) is 4.43. The van der Waals surface area contributed by atoms with Crippen LogP contribution >= 0.6 is 0 Å². The first-order valence-electron chi connectivity index (χ1n) is 7.93. The average Bonchev–Trinajstić information content (AvgIpc) is 3.22. The van der Waals surface area contributed by atoms with Gasteiger partial charge in [0.1, 0.15) is 0 Å². The molecule has 0 unspecified atom stereocenters. The van der Waals surface area contributed by atoms with Gasteiger partial charge in [-0.15, -0.1) is 0 Å². The Morgan fingerprint density at radius 3 is 2.26 bits per heavy atom. The van der Waals surface area contributed by atoms with E-state index in [1.807, 2.05) is 0 Å². The van der Waals surface area contributed by atoms with Crippen molar-refractivity contribution in [3.8, 4) is 0 Å². The van der Waals surface area contributed by atoms with E-state index >= 15 is 0 Å². The van der Waals surface area contributed by atoms with Gasteiger partial charge < -0.3 is 0 Å². The highest BCUT2D eigenvalue weighted by atomic mass is 32.2. The summed E-state index contributed by atoms with van der Waals surface area (Å²) in [5.74, 6) is 0.825. The molecule has 1 aliphatic carbocycles. The molecule has 0 spiro atoms. The number of rotatable bonds is 8. The molecule has 1 saturated carbocycles. The van der Waals surface area contributed by atoms with Crippen LogP contribution in [0.1, 0.15) is 38.2 Å². The minimum atomic E-state index is -3.44. The predicted octanol–water partition coefficient (Wildman–Crippen LogP) is 2.61. The predicted molar refractivity (Wildman–Crippen MR) is 93.1 cm³/mol. The van der Waals surface area contributed by atoms with Crippen molar-refractivity contribution in [2.45, 2.75) is 43.9 Å². The molecule has 2 rings (SSSR count). The van der Waals surface area contributed by atoms with Crippen molar-refractivity contribution in [3.05, 3.63) is 23.8 Å². The van der Waals surface area contributed by atoms with E-state index in [1.54, 1.807) is 19.1 Å². The zero-order chi connectivity index (χ0) is 17.3. The maximum atomic E-state index is 12.0. The normalized spacial score (nSPS) is 15.6. The number of sulfone groups is 1. The van der Waals surface area contributed by atoms with Gasteiger partial charge in [-0.05, 0) is 43.4 Å². The number of anilines is 1. The molecule has 7 heteroatoms. The van der Waals surface area contributed by atoms with Crippen LogP contribution in [0.15, 0.2) is 23.1 Å². The van der Waals surface area contributed by atoms with E-state index in [4.69, 9.17) is 0 Å². The van der Waals surface area contributed by atoms with Crippen LogP contribution < -0.4 is 4.31 Å². The molecule has 130 valence electrons. The summed E-state index contributed by atoms with van der Waals surface area (Å²) < 4.78 is 49.0. The molecular weight excluding hydrogens is 334 g/mol. The topological polar surface area (TPSA) is 71.5 Å². The molecule has 0 aromatic heterocycles. The molecule has 1 aromatic carbocycles. The Morgan fingerprint density at radius 2 is 1.78 bits per heavy atom. The van der Waals surface area contributed by atoms with E-state index in [9.17, 15) is 16.8 Å². The summed E-state index contributed by atoms with van der Waals surface area (Å²) in [4.78, 5) is 0.153. The van der Waals surface area contributed by atoms with Crippen molar-refractivity contribution in [1.29, 1.82) is 0 Å². The van der Waals surface area contributed by atoms with Gasteiger partial charge in [0.15, 0.2) is 9.84 Å². The van der Waals surface area contributed by atoms with Crippen molar-refractivity contribution >= 4 is 25.5 Å². The van der Waals surface area contributed by atoms with E-state index in [0.717, 1.165) is 43.3 Å². The third-order valence-corrected chi connectivity index (χ3v) is 6.56. The molecule has 0 N–H and O–H groups in total. The molecule has 0 aliphatic heterocycles. The van der Waals surface area contributed by atoms with Crippen molar-refractivity contribution in [2.75, 3.05) is 23.4 Å². The number of hydrogen-bond acceptors (Lipinski definition) is 4. The van der Waals surface area contributed by atoms with Crippen LogP contribution in [0.2, 0.25) is 0 Å². The number of nitrogens with zero attached hydrogens (tertiary/aromatic N) is 1. The highest BCUT2D eigenvalue weighted by Gasteiger charge is 2.23. The Hall–Kier alpha value is -1.08. The molecule has 1 aliphatic rings. The minimum absolute atomic E-state index is 0.153. The standard InChI is InChI=1S/C16H25NO4S2/c1-4-17(23(3,20)21)16-12-15(22(2,18)19)11-10-14(16)7-5-6-13-8-9-13/h10-13H,4-9H2,1-3H3. The van der Waals surface area contributed by atoms with E-state index in [0.29, 0.717) is 5.69 Å². The zero-order valence-corrected chi connectivity index (χ0v) is 15.6. The quantitative estimate of drug-likeness (QED) is 0.715. The molecule has 0 radical (unpaired) electrons. The molecule has 0 heterocycles. The van der Waals surface area contributed by atoms with Gasteiger partial charge in [0.25, 0.3) is 0 Å². The van der Waals surface area contributed by atoms with Crippen molar-refractivity contribution in [1.82, 2.24) is 0 Å². The largest absolute Gasteiger partial charge is 0.270 e. The number of benzene rings is 1. The van der Waals surface area contributed by atoms with Crippen LogP contribution in [0, 0.1) is 5.92 Å². The lowest BCUT2D eigenvalue weighted by atomic mass is 10.0. The van der Waals surface area contributed by atoms with Gasteiger partial charge in [0, 0.05) is 12.8 Å². The van der Waals surface area contributed by atoms with Gasteiger partial charge in [-0.25, -0.2) is 16.8 Å². The van der Waals surface area contributed by atoms with Crippen LogP contribution in [-0.4, -0.2) is 35.9 Å². The van der Waals surface area contributed by atoms with E-state index in [-0.39, 0.29) is 11.4 Å². The Bertz CT molecular complexity index is 765. The second-order valence-corrected chi connectivity index (χ2v) is 10.2. The Kier molecular flexibility index (Phi) is 5.41. The molecule has 1 aromatic rings. The van der Waals surface area contributed by atoms with Gasteiger partial charge in [0.2, 0.25) is 10.0 Å².